The van der Waals surface area contributed by atoms with E-state index >= 15 is 0 Å². The van der Waals surface area contributed by atoms with Gasteiger partial charge in [-0.3, -0.25) is 0 Å². The lowest BCUT2D eigenvalue weighted by Gasteiger charge is -2.04. The molecule has 0 aliphatic heterocycles. The minimum Gasteiger partial charge on any atom is -0.449 e. The van der Waals surface area contributed by atoms with E-state index in [0.717, 1.165) is 10.5 Å². The van der Waals surface area contributed by atoms with Gasteiger partial charge in [0.15, 0.2) is 0 Å². The van der Waals surface area contributed by atoms with Gasteiger partial charge in [0.05, 0.1) is 0 Å². The van der Waals surface area contributed by atoms with Crippen molar-refractivity contribution in [3.05, 3.63) is 0 Å². The van der Waals surface area contributed by atoms with E-state index in [1.54, 1.807) is 6.55 Å². The maximum absolute atomic E-state index is 8.71. The lowest BCUT2D eigenvalue weighted by atomic mass is 11.9. The van der Waals surface area contributed by atoms with Crippen molar-refractivity contribution in [2.75, 3.05) is 0 Å². The average Bonchev–Trinajstić information content (AvgIpc) is 1.80. The highest BCUT2D eigenvalue weighted by Gasteiger charge is 1.96. The fourth-order valence-corrected chi connectivity index (χ4v) is 4.74. The van der Waals surface area contributed by atoms with Crippen LogP contribution in [0.5, 0.6) is 0 Å². The second-order valence-electron chi connectivity index (χ2n) is 1.49. The van der Waals surface area contributed by atoms with Crippen molar-refractivity contribution in [1.29, 1.82) is 0 Å². The first kappa shape index (κ1) is 9.71. The Morgan fingerprint density at radius 1 is 1.56 bits per heavy atom. The Balaban J connectivity index is 2.75. The lowest BCUT2D eigenvalue weighted by Crippen LogP contribution is -2.19. The first-order valence-corrected chi connectivity index (χ1v) is 7.90. The molecule has 9 heavy (non-hydrogen) atoms. The summed E-state index contributed by atoms with van der Waals surface area (Å²) in [5, 5.41) is 0. The Bertz CT molecular complexity index is 58.5. The monoisotopic (exact) mass is 200 g/mol. The van der Waals surface area contributed by atoms with Gasteiger partial charge in [0.1, 0.15) is 10.5 Å². The van der Waals surface area contributed by atoms with Crippen molar-refractivity contribution < 1.29 is 17.1 Å². The summed E-state index contributed by atoms with van der Waals surface area (Å²) < 4.78 is 14.8. The summed E-state index contributed by atoms with van der Waals surface area (Å²) >= 11 is 0. The van der Waals surface area contributed by atoms with Gasteiger partial charge in [-0.1, -0.05) is 0 Å². The van der Waals surface area contributed by atoms with Gasteiger partial charge in [-0.05, 0) is 6.55 Å². The number of rotatable bonds is 5. The molecule has 0 heterocycles. The SMILES string of the molecule is C[SiH](O)O[SiH2]O[SiH2]O[SiH3]. The number of hydrogen-bond donors (Lipinski definition) is 1. The average molecular weight is 200 g/mol. The van der Waals surface area contributed by atoms with Crippen molar-refractivity contribution in [2.24, 2.45) is 0 Å². The molecule has 8 heteroatoms. The summed E-state index contributed by atoms with van der Waals surface area (Å²) in [7, 11) is -2.63. The van der Waals surface area contributed by atoms with Gasteiger partial charge in [0.2, 0.25) is 0 Å². The van der Waals surface area contributed by atoms with Crippen LogP contribution in [0.2, 0.25) is 6.55 Å². The Kier molecular flexibility index (Phi) is 7.36. The molecule has 1 N–H and O–H groups in total. The first-order valence-electron chi connectivity index (χ1n) is 2.63. The standard InChI is InChI=1S/CH12O4Si4/c1-9(2)5-8-4-7-3-6/h2,9H,7-8H2,1,6H3. The van der Waals surface area contributed by atoms with Crippen LogP contribution in [0.3, 0.4) is 0 Å². The molecule has 0 fully saturated rings. The van der Waals surface area contributed by atoms with E-state index in [1.165, 1.54) is 0 Å². The van der Waals surface area contributed by atoms with Crippen molar-refractivity contribution in [1.82, 2.24) is 0 Å². The molecule has 56 valence electrons. The molecule has 0 spiro atoms. The quantitative estimate of drug-likeness (QED) is 0.365. The van der Waals surface area contributed by atoms with Crippen LogP contribution in [0.25, 0.3) is 0 Å². The molecule has 0 radical (unpaired) electrons. The van der Waals surface area contributed by atoms with Crippen molar-refractivity contribution in [2.45, 2.75) is 6.55 Å². The van der Waals surface area contributed by atoms with Gasteiger partial charge in [0.25, 0.3) is 20.0 Å². The van der Waals surface area contributed by atoms with Crippen LogP contribution < -0.4 is 0 Å². The molecule has 0 saturated carbocycles. The normalized spacial score (nSPS) is 16.7. The first-order chi connectivity index (χ1) is 4.27. The third-order valence-corrected chi connectivity index (χ3v) is 5.34. The van der Waals surface area contributed by atoms with Gasteiger partial charge in [0, 0.05) is 0 Å². The van der Waals surface area contributed by atoms with E-state index in [9.17, 15) is 0 Å². The van der Waals surface area contributed by atoms with Gasteiger partial charge in [-0.25, -0.2) is 0 Å². The zero-order valence-corrected chi connectivity index (χ0v) is 11.6. The lowest BCUT2D eigenvalue weighted by molar-refractivity contribution is 0.380. The minimum absolute atomic E-state index is 0.712. The molecular weight excluding hydrogens is 188 g/mol. The van der Waals surface area contributed by atoms with E-state index in [-0.39, 0.29) is 0 Å². The van der Waals surface area contributed by atoms with E-state index in [1.807, 2.05) is 0 Å². The molecular formula is CH12O4Si4. The third-order valence-electron chi connectivity index (χ3n) is 0.594. The maximum Gasteiger partial charge on any atom is 0.306 e. The second-order valence-corrected chi connectivity index (χ2v) is 8.44. The van der Waals surface area contributed by atoms with E-state index in [2.05, 4.69) is 0 Å². The predicted octanol–water partition coefficient (Wildman–Crippen LogP) is -3.84. The van der Waals surface area contributed by atoms with E-state index < -0.39 is 29.3 Å². The van der Waals surface area contributed by atoms with Gasteiger partial charge >= 0.3 is 9.28 Å². The predicted molar refractivity (Wildman–Crippen MR) is 45.5 cm³/mol. The van der Waals surface area contributed by atoms with Crippen LogP contribution in [-0.4, -0.2) is 44.6 Å². The summed E-state index contributed by atoms with van der Waals surface area (Å²) in [4.78, 5) is 8.71. The minimum atomic E-state index is -1.80. The molecule has 0 aromatic heterocycles. The third kappa shape index (κ3) is 8.71. The van der Waals surface area contributed by atoms with Crippen LogP contribution in [-0.2, 0) is 12.3 Å². The van der Waals surface area contributed by atoms with Gasteiger partial charge in [-0.2, -0.15) is 0 Å². The molecule has 1 unspecified atom stereocenters. The Morgan fingerprint density at radius 2 is 2.22 bits per heavy atom. The smallest absolute Gasteiger partial charge is 0.306 e. The Hall–Kier alpha value is 0.708. The van der Waals surface area contributed by atoms with Crippen molar-refractivity contribution in [3.8, 4) is 0 Å². The fourth-order valence-electron chi connectivity index (χ4n) is 0.264. The summed E-state index contributed by atoms with van der Waals surface area (Å²) in [5.74, 6) is 0. The van der Waals surface area contributed by atoms with Crippen LogP contribution in [0.15, 0.2) is 0 Å². The van der Waals surface area contributed by atoms with Gasteiger partial charge < -0.3 is 17.1 Å². The summed E-state index contributed by atoms with van der Waals surface area (Å²) in [6.07, 6.45) is 0. The number of hydrogen-bond acceptors (Lipinski definition) is 4. The molecule has 0 amide bonds. The van der Waals surface area contributed by atoms with Crippen molar-refractivity contribution >= 4 is 39.8 Å². The molecule has 0 aromatic carbocycles. The largest absolute Gasteiger partial charge is 0.449 e. The molecule has 4 nitrogen and oxygen atoms in total. The van der Waals surface area contributed by atoms with E-state index in [4.69, 9.17) is 17.1 Å². The highest BCUT2D eigenvalue weighted by Crippen LogP contribution is 1.76. The molecule has 0 saturated heterocycles. The molecule has 0 aliphatic rings. The highest BCUT2D eigenvalue weighted by molar-refractivity contribution is 6.51. The van der Waals surface area contributed by atoms with Crippen LogP contribution in [0, 0.1) is 0 Å². The zero-order valence-electron chi connectivity index (χ0n) is 5.66. The highest BCUT2D eigenvalue weighted by atomic mass is 28.4. The Morgan fingerprint density at radius 3 is 2.67 bits per heavy atom. The summed E-state index contributed by atoms with van der Waals surface area (Å²) in [6.45, 7) is 1.71. The Labute approximate surface area is 64.0 Å². The van der Waals surface area contributed by atoms with Crippen LogP contribution in [0.4, 0.5) is 0 Å². The molecule has 0 rings (SSSR count). The summed E-state index contributed by atoms with van der Waals surface area (Å²) in [5.41, 5.74) is 0. The molecule has 0 aliphatic carbocycles. The summed E-state index contributed by atoms with van der Waals surface area (Å²) in [6, 6.07) is 0. The zero-order chi connectivity index (χ0) is 7.11. The molecule has 0 aromatic rings. The maximum atomic E-state index is 8.71. The van der Waals surface area contributed by atoms with E-state index in [0.29, 0.717) is 0 Å². The van der Waals surface area contributed by atoms with Crippen LogP contribution >= 0.6 is 0 Å². The topological polar surface area (TPSA) is 47.9 Å². The second kappa shape index (κ2) is 6.82. The van der Waals surface area contributed by atoms with Crippen LogP contribution in [0.1, 0.15) is 0 Å². The molecule has 1 atom stereocenters. The fraction of sp³-hybridized carbons (Fsp3) is 1.00. The molecule has 0 bridgehead atoms. The van der Waals surface area contributed by atoms with Crippen molar-refractivity contribution in [3.63, 3.8) is 0 Å². The van der Waals surface area contributed by atoms with Gasteiger partial charge in [-0.15, -0.1) is 0 Å².